The quantitative estimate of drug-likeness (QED) is 0.801. The number of benzene rings is 2. The zero-order chi connectivity index (χ0) is 13.9. The van der Waals surface area contributed by atoms with E-state index in [4.69, 9.17) is 0 Å². The smallest absolute Gasteiger partial charge is 0.0219 e. The molecule has 1 aliphatic rings. The molecule has 1 aliphatic carbocycles. The van der Waals surface area contributed by atoms with Crippen LogP contribution < -0.4 is 5.32 Å². The van der Waals surface area contributed by atoms with E-state index in [2.05, 4.69) is 70.6 Å². The van der Waals surface area contributed by atoms with Gasteiger partial charge in [-0.05, 0) is 49.6 Å². The molecule has 3 heteroatoms. The molecule has 0 unspecified atom stereocenters. The van der Waals surface area contributed by atoms with Crippen LogP contribution in [0.15, 0.2) is 56.7 Å². The first-order valence-electron chi connectivity index (χ1n) is 6.97. The van der Waals surface area contributed by atoms with E-state index >= 15 is 0 Å². The molecule has 3 rings (SSSR count). The van der Waals surface area contributed by atoms with Crippen LogP contribution in [0.2, 0.25) is 0 Å². The molecular formula is C17H18BrNS. The summed E-state index contributed by atoms with van der Waals surface area (Å²) >= 11 is 5.43. The Morgan fingerprint density at radius 3 is 2.80 bits per heavy atom. The van der Waals surface area contributed by atoms with Crippen LogP contribution in [0.25, 0.3) is 0 Å². The monoisotopic (exact) mass is 347 g/mol. The van der Waals surface area contributed by atoms with Gasteiger partial charge in [0.05, 0.1) is 0 Å². The van der Waals surface area contributed by atoms with Gasteiger partial charge in [0.15, 0.2) is 0 Å². The predicted molar refractivity (Wildman–Crippen MR) is 89.3 cm³/mol. The second-order valence-corrected chi connectivity index (χ2v) is 7.36. The molecule has 0 radical (unpaired) electrons. The summed E-state index contributed by atoms with van der Waals surface area (Å²) in [4.78, 5) is 2.63. The molecule has 0 amide bonds. The van der Waals surface area contributed by atoms with Crippen LogP contribution in [-0.4, -0.2) is 6.04 Å². The molecule has 0 aromatic heterocycles. The van der Waals surface area contributed by atoms with Gasteiger partial charge in [-0.2, -0.15) is 0 Å². The first-order valence-corrected chi connectivity index (χ1v) is 8.58. The normalized spacial score (nSPS) is 14.5. The molecule has 0 aliphatic heterocycles. The van der Waals surface area contributed by atoms with E-state index in [-0.39, 0.29) is 0 Å². The fraction of sp³-hybridized carbons (Fsp3) is 0.294. The van der Waals surface area contributed by atoms with Gasteiger partial charge in [0.2, 0.25) is 0 Å². The number of hydrogen-bond donors (Lipinski definition) is 1. The minimum Gasteiger partial charge on any atom is -0.310 e. The van der Waals surface area contributed by atoms with Gasteiger partial charge in [-0.3, -0.25) is 0 Å². The SMILES string of the molecule is Cc1cccc(Sc2cc(Br)ccc2CNC2CC2)c1. The number of hydrogen-bond acceptors (Lipinski definition) is 2. The van der Waals surface area contributed by atoms with E-state index in [1.54, 1.807) is 0 Å². The van der Waals surface area contributed by atoms with Crippen molar-refractivity contribution in [3.05, 3.63) is 58.1 Å². The van der Waals surface area contributed by atoms with E-state index in [1.165, 1.54) is 33.8 Å². The van der Waals surface area contributed by atoms with Gasteiger partial charge in [0.1, 0.15) is 0 Å². The molecule has 0 spiro atoms. The molecule has 1 fully saturated rings. The molecule has 0 atom stereocenters. The Bertz CT molecular complexity index is 608. The van der Waals surface area contributed by atoms with Crippen molar-refractivity contribution in [2.75, 3.05) is 0 Å². The van der Waals surface area contributed by atoms with Crippen molar-refractivity contribution in [2.45, 2.75) is 42.1 Å². The largest absolute Gasteiger partial charge is 0.310 e. The lowest BCUT2D eigenvalue weighted by atomic mass is 10.2. The van der Waals surface area contributed by atoms with Crippen LogP contribution in [0.3, 0.4) is 0 Å². The maximum absolute atomic E-state index is 3.60. The summed E-state index contributed by atoms with van der Waals surface area (Å²) in [7, 11) is 0. The predicted octanol–water partition coefficient (Wildman–Crippen LogP) is 5.16. The first-order chi connectivity index (χ1) is 9.70. The second kappa shape index (κ2) is 6.33. The van der Waals surface area contributed by atoms with Crippen LogP contribution in [0, 0.1) is 6.92 Å². The summed E-state index contributed by atoms with van der Waals surface area (Å²) < 4.78 is 1.14. The summed E-state index contributed by atoms with van der Waals surface area (Å²) in [6.45, 7) is 3.10. The second-order valence-electron chi connectivity index (χ2n) is 5.33. The van der Waals surface area contributed by atoms with Crippen molar-refractivity contribution >= 4 is 27.7 Å². The highest BCUT2D eigenvalue weighted by atomic mass is 79.9. The zero-order valence-electron chi connectivity index (χ0n) is 11.5. The summed E-state index contributed by atoms with van der Waals surface area (Å²) in [5.41, 5.74) is 2.69. The van der Waals surface area contributed by atoms with Gasteiger partial charge < -0.3 is 5.32 Å². The Balaban J connectivity index is 1.80. The molecule has 1 saturated carbocycles. The van der Waals surface area contributed by atoms with Crippen LogP contribution >= 0.6 is 27.7 Å². The van der Waals surface area contributed by atoms with Gasteiger partial charge in [0.25, 0.3) is 0 Å². The lowest BCUT2D eigenvalue weighted by molar-refractivity contribution is 0.680. The van der Waals surface area contributed by atoms with Crippen LogP contribution in [0.5, 0.6) is 0 Å². The maximum atomic E-state index is 3.60. The summed E-state index contributed by atoms with van der Waals surface area (Å²) in [5, 5.41) is 3.60. The standard InChI is InChI=1S/C17H18BrNS/c1-12-3-2-4-16(9-12)20-17-10-14(18)6-5-13(17)11-19-15-7-8-15/h2-6,9-10,15,19H,7-8,11H2,1H3. The van der Waals surface area contributed by atoms with Crippen molar-refractivity contribution in [2.24, 2.45) is 0 Å². The van der Waals surface area contributed by atoms with E-state index in [0.717, 1.165) is 17.1 Å². The highest BCUT2D eigenvalue weighted by Gasteiger charge is 2.20. The molecule has 104 valence electrons. The fourth-order valence-corrected chi connectivity index (χ4v) is 3.73. The van der Waals surface area contributed by atoms with E-state index < -0.39 is 0 Å². The molecule has 2 aromatic carbocycles. The van der Waals surface area contributed by atoms with Crippen molar-refractivity contribution < 1.29 is 0 Å². The molecule has 20 heavy (non-hydrogen) atoms. The lowest BCUT2D eigenvalue weighted by Crippen LogP contribution is -2.15. The molecule has 0 bridgehead atoms. The number of aryl methyl sites for hydroxylation is 1. The van der Waals surface area contributed by atoms with Gasteiger partial charge in [-0.15, -0.1) is 0 Å². The third-order valence-electron chi connectivity index (χ3n) is 3.41. The van der Waals surface area contributed by atoms with Crippen LogP contribution in [-0.2, 0) is 6.54 Å². The third-order valence-corrected chi connectivity index (χ3v) is 4.99. The molecule has 0 saturated heterocycles. The highest BCUT2D eigenvalue weighted by molar-refractivity contribution is 9.10. The Kier molecular flexibility index (Phi) is 4.49. The van der Waals surface area contributed by atoms with Crippen molar-refractivity contribution in [1.82, 2.24) is 5.32 Å². The average Bonchev–Trinajstić information content (AvgIpc) is 3.22. The topological polar surface area (TPSA) is 12.0 Å². The molecule has 2 aromatic rings. The van der Waals surface area contributed by atoms with E-state index in [0.29, 0.717) is 0 Å². The number of halogens is 1. The van der Waals surface area contributed by atoms with Crippen molar-refractivity contribution in [3.63, 3.8) is 0 Å². The zero-order valence-corrected chi connectivity index (χ0v) is 13.9. The number of rotatable bonds is 5. The summed E-state index contributed by atoms with van der Waals surface area (Å²) in [6, 6.07) is 16.0. The third kappa shape index (κ3) is 3.87. The number of nitrogens with one attached hydrogen (secondary N) is 1. The summed E-state index contributed by atoms with van der Waals surface area (Å²) in [5.74, 6) is 0. The van der Waals surface area contributed by atoms with Gasteiger partial charge in [-0.1, -0.05) is 51.5 Å². The maximum Gasteiger partial charge on any atom is 0.0219 e. The highest BCUT2D eigenvalue weighted by Crippen LogP contribution is 2.33. The van der Waals surface area contributed by atoms with E-state index in [9.17, 15) is 0 Å². The van der Waals surface area contributed by atoms with Gasteiger partial charge in [0, 0.05) is 26.9 Å². The van der Waals surface area contributed by atoms with Crippen molar-refractivity contribution in [1.29, 1.82) is 0 Å². The van der Waals surface area contributed by atoms with E-state index in [1.807, 2.05) is 11.8 Å². The Morgan fingerprint density at radius 2 is 2.05 bits per heavy atom. The Labute approximate surface area is 133 Å². The summed E-state index contributed by atoms with van der Waals surface area (Å²) in [6.07, 6.45) is 2.66. The molecule has 1 nitrogen and oxygen atoms in total. The molecule has 1 N–H and O–H groups in total. The van der Waals surface area contributed by atoms with Gasteiger partial charge >= 0.3 is 0 Å². The minimum absolute atomic E-state index is 0.746. The van der Waals surface area contributed by atoms with Crippen LogP contribution in [0.1, 0.15) is 24.0 Å². The van der Waals surface area contributed by atoms with Gasteiger partial charge in [-0.25, -0.2) is 0 Å². The minimum atomic E-state index is 0.746. The first kappa shape index (κ1) is 14.2. The van der Waals surface area contributed by atoms with Crippen molar-refractivity contribution in [3.8, 4) is 0 Å². The average molecular weight is 348 g/mol. The lowest BCUT2D eigenvalue weighted by Gasteiger charge is -2.11. The Hall–Kier alpha value is -0.770. The Morgan fingerprint density at radius 1 is 1.20 bits per heavy atom. The molecular weight excluding hydrogens is 330 g/mol. The molecule has 0 heterocycles. The van der Waals surface area contributed by atoms with Crippen LogP contribution in [0.4, 0.5) is 0 Å². The fourth-order valence-electron chi connectivity index (χ4n) is 2.12.